The van der Waals surface area contributed by atoms with Crippen LogP contribution in [0.3, 0.4) is 0 Å². The first-order valence-corrected chi connectivity index (χ1v) is 10.4. The number of hydrogen-bond acceptors (Lipinski definition) is 3. The Balaban J connectivity index is 1.52. The summed E-state index contributed by atoms with van der Waals surface area (Å²) >= 11 is 6.42. The third-order valence-electron chi connectivity index (χ3n) is 5.99. The lowest BCUT2D eigenvalue weighted by atomic mass is 9.85. The van der Waals surface area contributed by atoms with Crippen molar-refractivity contribution in [3.63, 3.8) is 0 Å². The van der Waals surface area contributed by atoms with E-state index in [1.165, 1.54) is 12.8 Å². The molecular weight excluding hydrogens is 348 g/mol. The average Bonchev–Trinajstić information content (AvgIpc) is 3.36. The summed E-state index contributed by atoms with van der Waals surface area (Å²) in [4.78, 5) is 17.9. The van der Waals surface area contributed by atoms with Gasteiger partial charge in [-0.3, -0.25) is 9.69 Å². The first-order chi connectivity index (χ1) is 12.5. The van der Waals surface area contributed by atoms with Gasteiger partial charge >= 0.3 is 0 Å². The normalized spacial score (nSPS) is 26.9. The predicted molar refractivity (Wildman–Crippen MR) is 104 cm³/mol. The van der Waals surface area contributed by atoms with Crippen molar-refractivity contribution >= 4 is 17.5 Å². The van der Waals surface area contributed by atoms with Crippen LogP contribution in [0.15, 0.2) is 18.2 Å². The van der Waals surface area contributed by atoms with Gasteiger partial charge in [-0.15, -0.1) is 0 Å². The van der Waals surface area contributed by atoms with Crippen LogP contribution >= 0.6 is 11.6 Å². The first kappa shape index (κ1) is 18.1. The summed E-state index contributed by atoms with van der Waals surface area (Å²) in [5, 5.41) is 0.652. The summed E-state index contributed by atoms with van der Waals surface area (Å²) < 4.78 is 5.74. The van der Waals surface area contributed by atoms with Crippen molar-refractivity contribution in [1.82, 2.24) is 9.80 Å². The number of benzene rings is 1. The van der Waals surface area contributed by atoms with E-state index in [9.17, 15) is 4.79 Å². The van der Waals surface area contributed by atoms with Gasteiger partial charge in [-0.2, -0.15) is 0 Å². The third-order valence-corrected chi connectivity index (χ3v) is 6.29. The summed E-state index contributed by atoms with van der Waals surface area (Å²) in [5.41, 5.74) is 0.879. The van der Waals surface area contributed by atoms with Gasteiger partial charge in [-0.25, -0.2) is 0 Å². The van der Waals surface area contributed by atoms with E-state index in [1.54, 1.807) is 0 Å². The minimum absolute atomic E-state index is 0.105. The molecule has 5 heteroatoms. The maximum Gasteiger partial charge on any atom is 0.243 e. The number of rotatable bonds is 5. The highest BCUT2D eigenvalue weighted by atomic mass is 35.5. The molecule has 2 saturated heterocycles. The second-order valence-corrected chi connectivity index (χ2v) is 8.73. The Hall–Kier alpha value is -1.26. The topological polar surface area (TPSA) is 32.8 Å². The Morgan fingerprint density at radius 1 is 1.23 bits per heavy atom. The zero-order valence-electron chi connectivity index (χ0n) is 15.8. The molecule has 2 aliphatic heterocycles. The zero-order chi connectivity index (χ0) is 18.3. The first-order valence-electron chi connectivity index (χ1n) is 10.0. The van der Waals surface area contributed by atoms with Gasteiger partial charge in [0.25, 0.3) is 0 Å². The number of likely N-dealkylation sites (tertiary alicyclic amines) is 2. The zero-order valence-corrected chi connectivity index (χ0v) is 16.6. The van der Waals surface area contributed by atoms with E-state index in [0.717, 1.165) is 56.6 Å². The molecule has 1 aromatic rings. The van der Waals surface area contributed by atoms with Crippen molar-refractivity contribution in [3.05, 3.63) is 28.8 Å². The quantitative estimate of drug-likeness (QED) is 0.770. The van der Waals surface area contributed by atoms with Gasteiger partial charge in [0.05, 0.1) is 11.1 Å². The summed E-state index contributed by atoms with van der Waals surface area (Å²) in [5.74, 6) is 1.12. The van der Waals surface area contributed by atoms with Crippen molar-refractivity contribution in [3.8, 4) is 5.75 Å². The fourth-order valence-electron chi connectivity index (χ4n) is 4.66. The molecule has 1 aliphatic carbocycles. The van der Waals surface area contributed by atoms with Gasteiger partial charge < -0.3 is 9.64 Å². The highest BCUT2D eigenvalue weighted by Gasteiger charge is 2.52. The largest absolute Gasteiger partial charge is 0.489 e. The molecule has 26 heavy (non-hydrogen) atoms. The molecule has 4 rings (SSSR count). The number of hydrogen-bond donors (Lipinski definition) is 0. The SMILES string of the molecule is CC(C)Oc1ccc(CN2CCCC23CCCN(C2CC2)C3=O)cc1Cl. The lowest BCUT2D eigenvalue weighted by Gasteiger charge is -2.45. The smallest absolute Gasteiger partial charge is 0.243 e. The molecule has 1 spiro atoms. The summed E-state index contributed by atoms with van der Waals surface area (Å²) in [6.45, 7) is 6.72. The van der Waals surface area contributed by atoms with E-state index in [0.29, 0.717) is 17.0 Å². The molecule has 0 aromatic heterocycles. The number of carbonyl (C=O) groups excluding carboxylic acids is 1. The van der Waals surface area contributed by atoms with Crippen LogP contribution in [0.2, 0.25) is 5.02 Å². The molecule has 3 aliphatic rings. The summed E-state index contributed by atoms with van der Waals surface area (Å²) in [7, 11) is 0. The minimum Gasteiger partial charge on any atom is -0.489 e. The van der Waals surface area contributed by atoms with Gasteiger partial charge in [0.2, 0.25) is 5.91 Å². The average molecular weight is 377 g/mol. The van der Waals surface area contributed by atoms with Gasteiger partial charge in [0.1, 0.15) is 11.3 Å². The van der Waals surface area contributed by atoms with Gasteiger partial charge in [0.15, 0.2) is 0 Å². The maximum atomic E-state index is 13.3. The molecule has 4 nitrogen and oxygen atoms in total. The highest BCUT2D eigenvalue weighted by molar-refractivity contribution is 6.32. The number of carbonyl (C=O) groups is 1. The lowest BCUT2D eigenvalue weighted by Crippen LogP contribution is -2.60. The van der Waals surface area contributed by atoms with E-state index in [4.69, 9.17) is 16.3 Å². The number of piperidine rings is 1. The molecular formula is C21H29ClN2O2. The van der Waals surface area contributed by atoms with Gasteiger partial charge in [-0.05, 0) is 76.6 Å². The molecule has 142 valence electrons. The molecule has 0 bridgehead atoms. The van der Waals surface area contributed by atoms with Crippen LogP contribution in [0.25, 0.3) is 0 Å². The van der Waals surface area contributed by atoms with Gasteiger partial charge in [0, 0.05) is 19.1 Å². The predicted octanol–water partition coefficient (Wildman–Crippen LogP) is 4.25. The van der Waals surface area contributed by atoms with Crippen molar-refractivity contribution in [2.24, 2.45) is 0 Å². The number of ether oxygens (including phenoxy) is 1. The van der Waals surface area contributed by atoms with Crippen molar-refractivity contribution < 1.29 is 9.53 Å². The Morgan fingerprint density at radius 2 is 1.96 bits per heavy atom. The molecule has 0 radical (unpaired) electrons. The van der Waals surface area contributed by atoms with Crippen LogP contribution in [-0.2, 0) is 11.3 Å². The maximum absolute atomic E-state index is 13.3. The Morgan fingerprint density at radius 3 is 2.62 bits per heavy atom. The second-order valence-electron chi connectivity index (χ2n) is 8.32. The second kappa shape index (κ2) is 7.05. The fraction of sp³-hybridized carbons (Fsp3) is 0.667. The van der Waals surface area contributed by atoms with Crippen molar-refractivity contribution in [2.45, 2.75) is 76.6 Å². The summed E-state index contributed by atoms with van der Waals surface area (Å²) in [6, 6.07) is 6.56. The van der Waals surface area contributed by atoms with E-state index in [-0.39, 0.29) is 11.6 Å². The molecule has 1 aromatic carbocycles. The van der Waals surface area contributed by atoms with E-state index in [1.807, 2.05) is 26.0 Å². The number of amides is 1. The standard InChI is InChI=1S/C21H29ClN2O2/c1-15(2)26-19-8-5-16(13-18(19)22)14-23-11-3-9-21(23)10-4-12-24(20(21)25)17-6-7-17/h5,8,13,15,17H,3-4,6-7,9-12,14H2,1-2H3. The van der Waals surface area contributed by atoms with Crippen LogP contribution < -0.4 is 4.74 Å². The van der Waals surface area contributed by atoms with Crippen molar-refractivity contribution in [2.75, 3.05) is 13.1 Å². The molecule has 0 N–H and O–H groups in total. The van der Waals surface area contributed by atoms with E-state index in [2.05, 4.69) is 15.9 Å². The van der Waals surface area contributed by atoms with Crippen LogP contribution in [0, 0.1) is 0 Å². The molecule has 1 amide bonds. The third kappa shape index (κ3) is 3.34. The van der Waals surface area contributed by atoms with Crippen LogP contribution in [-0.4, -0.2) is 46.5 Å². The molecule has 2 heterocycles. The Kier molecular flexibility index (Phi) is 4.91. The molecule has 1 saturated carbocycles. The van der Waals surface area contributed by atoms with Gasteiger partial charge in [-0.1, -0.05) is 17.7 Å². The van der Waals surface area contributed by atoms with E-state index < -0.39 is 0 Å². The Labute approximate surface area is 161 Å². The number of nitrogens with zero attached hydrogens (tertiary/aromatic N) is 2. The monoisotopic (exact) mass is 376 g/mol. The van der Waals surface area contributed by atoms with Crippen LogP contribution in [0.1, 0.15) is 57.9 Å². The number of halogens is 1. The molecule has 1 unspecified atom stereocenters. The minimum atomic E-state index is -0.277. The highest BCUT2D eigenvalue weighted by Crippen LogP contribution is 2.42. The van der Waals surface area contributed by atoms with Crippen LogP contribution in [0.4, 0.5) is 0 Å². The molecule has 1 atom stereocenters. The lowest BCUT2D eigenvalue weighted by molar-refractivity contribution is -0.148. The van der Waals surface area contributed by atoms with Crippen molar-refractivity contribution in [1.29, 1.82) is 0 Å². The summed E-state index contributed by atoms with van der Waals surface area (Å²) in [6.07, 6.45) is 6.71. The fourth-order valence-corrected chi connectivity index (χ4v) is 4.90. The van der Waals surface area contributed by atoms with Crippen LogP contribution in [0.5, 0.6) is 5.75 Å². The molecule has 3 fully saturated rings. The van der Waals surface area contributed by atoms with E-state index >= 15 is 0 Å². The Bertz CT molecular complexity index is 689.